The minimum atomic E-state index is -0.312. The molecule has 0 N–H and O–H groups in total. The highest BCUT2D eigenvalue weighted by atomic mass is 19.1. The molecule has 168 valence electrons. The molecule has 1 heterocycles. The first-order chi connectivity index (χ1) is 16.0. The lowest BCUT2D eigenvalue weighted by molar-refractivity contribution is 0.130. The fourth-order valence-corrected chi connectivity index (χ4v) is 3.75. The number of hydrogen-bond acceptors (Lipinski definition) is 3. The van der Waals surface area contributed by atoms with Gasteiger partial charge in [0.1, 0.15) is 24.0 Å². The maximum Gasteiger partial charge on any atom is 0.142 e. The molecule has 33 heavy (non-hydrogen) atoms. The van der Waals surface area contributed by atoms with Gasteiger partial charge in [-0.05, 0) is 91.7 Å². The number of oxime groups is 1. The van der Waals surface area contributed by atoms with Crippen LogP contribution in [0.4, 0.5) is 8.78 Å². The lowest BCUT2D eigenvalue weighted by atomic mass is 10.1. The van der Waals surface area contributed by atoms with Gasteiger partial charge in [0.2, 0.25) is 0 Å². The molecular weight excluding hydrogens is 422 g/mol. The second kappa shape index (κ2) is 9.69. The molecule has 4 rings (SSSR count). The molecule has 0 atom stereocenters. The van der Waals surface area contributed by atoms with Gasteiger partial charge in [-0.25, -0.2) is 8.78 Å². The summed E-state index contributed by atoms with van der Waals surface area (Å²) in [6.07, 6.45) is 0. The first-order valence-electron chi connectivity index (χ1n) is 10.5. The van der Waals surface area contributed by atoms with Gasteiger partial charge < -0.3 is 14.1 Å². The molecule has 0 radical (unpaired) electrons. The Hall–Kier alpha value is -3.93. The molecule has 0 spiro atoms. The predicted molar refractivity (Wildman–Crippen MR) is 126 cm³/mol. The minimum Gasteiger partial charge on any atom is -0.497 e. The van der Waals surface area contributed by atoms with Crippen molar-refractivity contribution in [2.24, 2.45) is 5.16 Å². The highest BCUT2D eigenvalue weighted by Gasteiger charge is 2.17. The van der Waals surface area contributed by atoms with E-state index in [2.05, 4.69) is 9.72 Å². The second-order valence-corrected chi connectivity index (χ2v) is 7.65. The third kappa shape index (κ3) is 4.95. The Kier molecular flexibility index (Phi) is 6.54. The van der Waals surface area contributed by atoms with Crippen LogP contribution in [-0.2, 0) is 11.4 Å². The van der Waals surface area contributed by atoms with Crippen molar-refractivity contribution in [1.29, 1.82) is 0 Å². The number of hydrogen-bond donors (Lipinski definition) is 0. The maximum atomic E-state index is 13.5. The van der Waals surface area contributed by atoms with Gasteiger partial charge in [0.25, 0.3) is 0 Å². The number of halogens is 2. The van der Waals surface area contributed by atoms with Gasteiger partial charge in [-0.2, -0.15) is 0 Å². The number of ether oxygens (including phenoxy) is 1. The Bertz CT molecular complexity index is 1280. The van der Waals surface area contributed by atoms with Crippen molar-refractivity contribution in [2.75, 3.05) is 7.11 Å². The molecule has 4 nitrogen and oxygen atoms in total. The summed E-state index contributed by atoms with van der Waals surface area (Å²) in [4.78, 5) is 5.50. The van der Waals surface area contributed by atoms with Crippen molar-refractivity contribution in [3.05, 3.63) is 107 Å². The van der Waals surface area contributed by atoms with Crippen molar-refractivity contribution >= 4 is 5.71 Å². The Labute approximate surface area is 191 Å². The second-order valence-electron chi connectivity index (χ2n) is 7.65. The fourth-order valence-electron chi connectivity index (χ4n) is 3.75. The topological polar surface area (TPSA) is 35.8 Å². The van der Waals surface area contributed by atoms with Gasteiger partial charge in [-0.3, -0.25) is 0 Å². The van der Waals surface area contributed by atoms with Gasteiger partial charge in [0.15, 0.2) is 0 Å². The molecule has 0 saturated carbocycles. The van der Waals surface area contributed by atoms with Crippen molar-refractivity contribution in [1.82, 2.24) is 4.57 Å². The molecule has 0 aliphatic rings. The molecule has 0 amide bonds. The van der Waals surface area contributed by atoms with E-state index in [4.69, 9.17) is 9.57 Å². The van der Waals surface area contributed by atoms with E-state index in [-0.39, 0.29) is 18.2 Å². The number of methoxy groups -OCH3 is 1. The molecule has 1 aromatic heterocycles. The Morgan fingerprint density at radius 3 is 2.30 bits per heavy atom. The molecule has 0 bridgehead atoms. The monoisotopic (exact) mass is 446 g/mol. The van der Waals surface area contributed by atoms with E-state index in [0.29, 0.717) is 11.3 Å². The smallest absolute Gasteiger partial charge is 0.142 e. The summed E-state index contributed by atoms with van der Waals surface area (Å²) in [6, 6.07) is 22.4. The van der Waals surface area contributed by atoms with E-state index >= 15 is 0 Å². The molecule has 0 aliphatic heterocycles. The van der Waals surface area contributed by atoms with Crippen molar-refractivity contribution in [3.8, 4) is 22.7 Å². The van der Waals surface area contributed by atoms with Crippen LogP contribution in [0.5, 0.6) is 5.75 Å². The van der Waals surface area contributed by atoms with E-state index < -0.39 is 0 Å². The van der Waals surface area contributed by atoms with Crippen LogP contribution < -0.4 is 4.74 Å². The summed E-state index contributed by atoms with van der Waals surface area (Å²) in [5.41, 5.74) is 5.93. The lowest BCUT2D eigenvalue weighted by Gasteiger charge is -2.13. The zero-order valence-electron chi connectivity index (χ0n) is 18.7. The van der Waals surface area contributed by atoms with Gasteiger partial charge in [0.05, 0.1) is 18.5 Å². The lowest BCUT2D eigenvalue weighted by Crippen LogP contribution is -2.02. The molecule has 3 aromatic carbocycles. The van der Waals surface area contributed by atoms with Crippen LogP contribution in [0.1, 0.15) is 23.7 Å². The quantitative estimate of drug-likeness (QED) is 0.234. The van der Waals surface area contributed by atoms with Crippen LogP contribution in [0.25, 0.3) is 16.9 Å². The van der Waals surface area contributed by atoms with Gasteiger partial charge in [-0.15, -0.1) is 0 Å². The van der Waals surface area contributed by atoms with Gasteiger partial charge in [-0.1, -0.05) is 17.3 Å². The van der Waals surface area contributed by atoms with Crippen LogP contribution in [-0.4, -0.2) is 17.4 Å². The van der Waals surface area contributed by atoms with Gasteiger partial charge >= 0.3 is 0 Å². The van der Waals surface area contributed by atoms with Crippen LogP contribution >= 0.6 is 0 Å². The van der Waals surface area contributed by atoms with Gasteiger partial charge in [0, 0.05) is 16.9 Å². The predicted octanol–water partition coefficient (Wildman–Crippen LogP) is 6.68. The summed E-state index contributed by atoms with van der Waals surface area (Å²) in [6.45, 7) is 4.02. The standard InChI is InChI=1S/C27H24F2N2O2/c1-18(30-33-17-20-5-4-6-23(29)15-20)26-16-27(21-7-9-22(28)10-8-21)31(19(26)2)24-11-13-25(32-3)14-12-24/h4-16H,17H2,1-3H3. The number of rotatable bonds is 7. The first-order valence-corrected chi connectivity index (χ1v) is 10.5. The van der Waals surface area contributed by atoms with E-state index in [1.54, 1.807) is 31.4 Å². The highest BCUT2D eigenvalue weighted by molar-refractivity contribution is 6.01. The van der Waals surface area contributed by atoms with Crippen molar-refractivity contribution in [2.45, 2.75) is 20.5 Å². The maximum absolute atomic E-state index is 13.5. The Balaban J connectivity index is 1.71. The molecule has 0 aliphatic carbocycles. The van der Waals surface area contributed by atoms with E-state index in [1.807, 2.05) is 44.2 Å². The fraction of sp³-hybridized carbons (Fsp3) is 0.148. The summed E-state index contributed by atoms with van der Waals surface area (Å²) >= 11 is 0. The van der Waals surface area contributed by atoms with E-state index in [0.717, 1.165) is 34.0 Å². The van der Waals surface area contributed by atoms with Crippen LogP contribution in [0.3, 0.4) is 0 Å². The first kappa shape index (κ1) is 22.3. The Morgan fingerprint density at radius 2 is 1.64 bits per heavy atom. The Morgan fingerprint density at radius 1 is 0.909 bits per heavy atom. The zero-order valence-corrected chi connectivity index (χ0v) is 18.7. The van der Waals surface area contributed by atoms with Crippen LogP contribution in [0, 0.1) is 18.6 Å². The number of benzene rings is 3. The number of aromatic nitrogens is 1. The van der Waals surface area contributed by atoms with Crippen molar-refractivity contribution in [3.63, 3.8) is 0 Å². The largest absolute Gasteiger partial charge is 0.497 e. The average Bonchev–Trinajstić information content (AvgIpc) is 3.16. The molecule has 0 fully saturated rings. The van der Waals surface area contributed by atoms with E-state index in [9.17, 15) is 8.78 Å². The average molecular weight is 446 g/mol. The summed E-state index contributed by atoms with van der Waals surface area (Å²) in [7, 11) is 1.63. The van der Waals surface area contributed by atoms with Crippen LogP contribution in [0.2, 0.25) is 0 Å². The zero-order chi connectivity index (χ0) is 23.4. The molecular formula is C27H24F2N2O2. The molecule has 0 unspecified atom stereocenters. The third-order valence-corrected chi connectivity index (χ3v) is 5.43. The normalized spacial score (nSPS) is 11.5. The minimum absolute atomic E-state index is 0.165. The number of nitrogens with zero attached hydrogens (tertiary/aromatic N) is 2. The third-order valence-electron chi connectivity index (χ3n) is 5.43. The summed E-state index contributed by atoms with van der Waals surface area (Å²) in [5.74, 6) is 0.158. The molecule has 0 saturated heterocycles. The summed E-state index contributed by atoms with van der Waals surface area (Å²) in [5, 5.41) is 4.26. The highest BCUT2D eigenvalue weighted by Crippen LogP contribution is 2.31. The SMILES string of the molecule is COc1ccc(-n2c(-c3ccc(F)cc3)cc(C(C)=NOCc3cccc(F)c3)c2C)cc1. The van der Waals surface area contributed by atoms with E-state index in [1.165, 1.54) is 24.3 Å². The molecule has 4 aromatic rings. The molecule has 6 heteroatoms. The summed E-state index contributed by atoms with van der Waals surface area (Å²) < 4.78 is 34.3. The van der Waals surface area contributed by atoms with Crippen molar-refractivity contribution < 1.29 is 18.4 Å². The van der Waals surface area contributed by atoms with Crippen LogP contribution in [0.15, 0.2) is 84.0 Å².